The van der Waals surface area contributed by atoms with Crippen LogP contribution < -0.4 is 5.32 Å². The number of hydrogen-bond acceptors (Lipinski definition) is 2. The number of nitrogens with zero attached hydrogens (tertiary/aromatic N) is 1. The molecule has 0 unspecified atom stereocenters. The molecule has 9 heteroatoms. The van der Waals surface area contributed by atoms with Crippen LogP contribution in [0.3, 0.4) is 0 Å². The van der Waals surface area contributed by atoms with Gasteiger partial charge in [0.25, 0.3) is 0 Å². The molecule has 4 nitrogen and oxygen atoms in total. The quantitative estimate of drug-likeness (QED) is 0.831. The number of anilines is 1. The van der Waals surface area contributed by atoms with E-state index in [0.717, 1.165) is 6.07 Å². The molecule has 2 rings (SSSR count). The van der Waals surface area contributed by atoms with Gasteiger partial charge in [-0.2, -0.15) is 13.2 Å². The van der Waals surface area contributed by atoms with Gasteiger partial charge in [0.1, 0.15) is 5.82 Å². The van der Waals surface area contributed by atoms with E-state index < -0.39 is 29.7 Å². The van der Waals surface area contributed by atoms with Gasteiger partial charge in [0.2, 0.25) is 5.91 Å². The van der Waals surface area contributed by atoms with Gasteiger partial charge in [0, 0.05) is 24.7 Å². The third kappa shape index (κ3) is 4.34. The minimum atomic E-state index is -4.90. The first-order valence-electron chi connectivity index (χ1n) is 6.80. The zero-order valence-corrected chi connectivity index (χ0v) is 12.5. The summed E-state index contributed by atoms with van der Waals surface area (Å²) < 4.78 is 50.0. The Bertz CT molecular complexity index is 613. The molecule has 0 saturated carbocycles. The van der Waals surface area contributed by atoms with E-state index in [1.54, 1.807) is 0 Å². The van der Waals surface area contributed by atoms with Crippen LogP contribution in [0.15, 0.2) is 18.2 Å². The van der Waals surface area contributed by atoms with Crippen molar-refractivity contribution in [3.05, 3.63) is 29.0 Å². The molecule has 1 fully saturated rings. The van der Waals surface area contributed by atoms with Crippen molar-refractivity contribution < 1.29 is 27.2 Å². The number of nitrogens with one attached hydrogen (secondary N) is 1. The van der Waals surface area contributed by atoms with Crippen molar-refractivity contribution in [3.8, 4) is 0 Å². The Hall–Kier alpha value is -1.83. The van der Waals surface area contributed by atoms with Crippen molar-refractivity contribution in [2.45, 2.75) is 19.0 Å². The highest BCUT2D eigenvalue weighted by atomic mass is 35.5. The molecule has 2 amide bonds. The molecule has 1 aliphatic heterocycles. The highest BCUT2D eigenvalue weighted by Crippen LogP contribution is 2.25. The van der Waals surface area contributed by atoms with Crippen molar-refractivity contribution in [1.29, 1.82) is 0 Å². The molecule has 0 aliphatic carbocycles. The van der Waals surface area contributed by atoms with Crippen molar-refractivity contribution in [2.24, 2.45) is 5.92 Å². The smallest absolute Gasteiger partial charge is 0.335 e. The highest BCUT2D eigenvalue weighted by molar-refractivity contribution is 6.31. The number of carbonyl (C=O) groups is 2. The van der Waals surface area contributed by atoms with Gasteiger partial charge in [-0.25, -0.2) is 4.39 Å². The van der Waals surface area contributed by atoms with Gasteiger partial charge in [0.15, 0.2) is 0 Å². The van der Waals surface area contributed by atoms with Crippen molar-refractivity contribution in [3.63, 3.8) is 0 Å². The van der Waals surface area contributed by atoms with Crippen LogP contribution in [0.25, 0.3) is 0 Å². The Kier molecular flexibility index (Phi) is 5.13. The summed E-state index contributed by atoms with van der Waals surface area (Å²) in [5.74, 6) is -3.42. The second-order valence-electron chi connectivity index (χ2n) is 5.18. The number of carbonyl (C=O) groups excluding carboxylic acids is 2. The number of hydrogen-bond donors (Lipinski definition) is 1. The van der Waals surface area contributed by atoms with Gasteiger partial charge < -0.3 is 10.2 Å². The van der Waals surface area contributed by atoms with Crippen LogP contribution in [-0.4, -0.2) is 36.0 Å². The number of amides is 2. The molecule has 1 aromatic rings. The summed E-state index contributed by atoms with van der Waals surface area (Å²) in [5, 5.41) is 2.39. The fourth-order valence-electron chi connectivity index (χ4n) is 2.34. The summed E-state index contributed by atoms with van der Waals surface area (Å²) in [4.78, 5) is 23.9. The first kappa shape index (κ1) is 17.5. The summed E-state index contributed by atoms with van der Waals surface area (Å²) in [6, 6.07) is 3.68. The first-order chi connectivity index (χ1) is 10.7. The largest absolute Gasteiger partial charge is 0.471 e. The van der Waals surface area contributed by atoms with E-state index in [0.29, 0.717) is 10.6 Å². The molecule has 1 N–H and O–H groups in total. The average Bonchev–Trinajstić information content (AvgIpc) is 2.49. The lowest BCUT2D eigenvalue weighted by Crippen LogP contribution is -2.46. The number of benzene rings is 1. The second-order valence-corrected chi connectivity index (χ2v) is 5.59. The summed E-state index contributed by atoms with van der Waals surface area (Å²) >= 11 is 5.60. The van der Waals surface area contributed by atoms with E-state index in [-0.39, 0.29) is 31.0 Å². The Morgan fingerprint density at radius 1 is 1.22 bits per heavy atom. The van der Waals surface area contributed by atoms with Gasteiger partial charge in [-0.05, 0) is 31.0 Å². The molecule has 0 aromatic heterocycles. The molecule has 1 saturated heterocycles. The first-order valence-corrected chi connectivity index (χ1v) is 7.18. The molecule has 1 aromatic carbocycles. The number of rotatable bonds is 2. The van der Waals surface area contributed by atoms with E-state index in [1.807, 2.05) is 0 Å². The Labute approximate surface area is 134 Å². The van der Waals surface area contributed by atoms with Gasteiger partial charge in [-0.3, -0.25) is 9.59 Å². The maximum Gasteiger partial charge on any atom is 0.471 e. The van der Waals surface area contributed by atoms with Crippen LogP contribution >= 0.6 is 11.6 Å². The number of likely N-dealkylation sites (tertiary alicyclic amines) is 1. The average molecular weight is 353 g/mol. The van der Waals surface area contributed by atoms with E-state index in [4.69, 9.17) is 11.6 Å². The maximum atomic E-state index is 13.0. The van der Waals surface area contributed by atoms with E-state index in [2.05, 4.69) is 5.32 Å². The fraction of sp³-hybridized carbons (Fsp3) is 0.429. The van der Waals surface area contributed by atoms with Crippen LogP contribution in [-0.2, 0) is 9.59 Å². The predicted octanol–water partition coefficient (Wildman–Crippen LogP) is 3.22. The zero-order chi connectivity index (χ0) is 17.2. The van der Waals surface area contributed by atoms with Crippen molar-refractivity contribution >= 4 is 29.1 Å². The molecule has 0 bridgehead atoms. The van der Waals surface area contributed by atoms with Crippen molar-refractivity contribution in [1.82, 2.24) is 4.90 Å². The maximum absolute atomic E-state index is 13.0. The Balaban J connectivity index is 1.91. The summed E-state index contributed by atoms with van der Waals surface area (Å²) in [6.45, 7) is -0.277. The summed E-state index contributed by atoms with van der Waals surface area (Å²) in [5.41, 5.74) is 0.301. The van der Waals surface area contributed by atoms with Crippen LogP contribution in [0.5, 0.6) is 0 Å². The molecule has 0 atom stereocenters. The highest BCUT2D eigenvalue weighted by Gasteiger charge is 2.43. The molecule has 1 heterocycles. The molecular weight excluding hydrogens is 340 g/mol. The Morgan fingerprint density at radius 2 is 1.83 bits per heavy atom. The molecule has 1 aliphatic rings. The molecule has 23 heavy (non-hydrogen) atoms. The van der Waals surface area contributed by atoms with Gasteiger partial charge in [-0.1, -0.05) is 11.6 Å². The lowest BCUT2D eigenvalue weighted by Gasteiger charge is -2.31. The topological polar surface area (TPSA) is 49.4 Å². The predicted molar refractivity (Wildman–Crippen MR) is 75.4 cm³/mol. The SMILES string of the molecule is O=C(Nc1ccc(F)c(Cl)c1)C1CCN(C(=O)C(F)(F)F)CC1. The Morgan fingerprint density at radius 3 is 2.35 bits per heavy atom. The van der Waals surface area contributed by atoms with Gasteiger partial charge in [-0.15, -0.1) is 0 Å². The van der Waals surface area contributed by atoms with Crippen LogP contribution in [0.4, 0.5) is 23.2 Å². The van der Waals surface area contributed by atoms with Crippen LogP contribution in [0.1, 0.15) is 12.8 Å². The molecule has 0 spiro atoms. The van der Waals surface area contributed by atoms with Crippen molar-refractivity contribution in [2.75, 3.05) is 18.4 Å². The second kappa shape index (κ2) is 6.74. The van der Waals surface area contributed by atoms with E-state index in [9.17, 15) is 27.2 Å². The summed E-state index contributed by atoms with van der Waals surface area (Å²) in [7, 11) is 0. The minimum absolute atomic E-state index is 0.128. The fourth-order valence-corrected chi connectivity index (χ4v) is 2.52. The number of alkyl halides is 3. The van der Waals surface area contributed by atoms with E-state index in [1.165, 1.54) is 12.1 Å². The monoisotopic (exact) mass is 352 g/mol. The molecule has 0 radical (unpaired) electrons. The normalized spacial score (nSPS) is 16.3. The minimum Gasteiger partial charge on any atom is -0.335 e. The zero-order valence-electron chi connectivity index (χ0n) is 11.8. The third-order valence-corrected chi connectivity index (χ3v) is 3.87. The lowest BCUT2D eigenvalue weighted by molar-refractivity contribution is -0.186. The van der Waals surface area contributed by atoms with E-state index >= 15 is 0 Å². The van der Waals surface area contributed by atoms with Gasteiger partial charge >= 0.3 is 12.1 Å². The number of piperidine rings is 1. The number of halogens is 5. The van der Waals surface area contributed by atoms with Crippen LogP contribution in [0, 0.1) is 11.7 Å². The molecule has 126 valence electrons. The summed E-state index contributed by atoms with van der Waals surface area (Å²) in [6.07, 6.45) is -4.65. The standard InChI is InChI=1S/C14H13ClF4N2O2/c15-10-7-9(1-2-11(10)16)20-12(22)8-3-5-21(6-4-8)13(23)14(17,18)19/h1-2,7-8H,3-6H2,(H,20,22). The molecular formula is C14H13ClF4N2O2. The van der Waals surface area contributed by atoms with Gasteiger partial charge in [0.05, 0.1) is 5.02 Å². The third-order valence-electron chi connectivity index (χ3n) is 3.58. The van der Waals surface area contributed by atoms with Crippen LogP contribution in [0.2, 0.25) is 5.02 Å². The lowest BCUT2D eigenvalue weighted by atomic mass is 9.95.